The lowest BCUT2D eigenvalue weighted by Gasteiger charge is -2.25. The van der Waals surface area contributed by atoms with Crippen molar-refractivity contribution in [2.45, 2.75) is 56.3 Å². The van der Waals surface area contributed by atoms with Crippen LogP contribution >= 0.6 is 24.4 Å². The average Bonchev–Trinajstić information content (AvgIpc) is 2.79. The number of rotatable bonds is 18. The van der Waals surface area contributed by atoms with E-state index in [4.69, 9.17) is 22.9 Å². The molecule has 0 heterocycles. The van der Waals surface area contributed by atoms with E-state index < -0.39 is 53.8 Å². The first kappa shape index (κ1) is 32.3. The number of carboxylic acids is 1. The van der Waals surface area contributed by atoms with Crippen molar-refractivity contribution >= 4 is 59.9 Å². The molecule has 0 saturated heterocycles. The smallest absolute Gasteiger partial charge is 0.326 e. The SMILES string of the molecule is CSCCC(NC(=O)C(CCC(N)=O)NC(=O)C(N)CS)C(=O)NC(CCCN=C(N)N)C(=O)O. The van der Waals surface area contributed by atoms with Gasteiger partial charge in [0.25, 0.3) is 0 Å². The van der Waals surface area contributed by atoms with Crippen molar-refractivity contribution in [2.24, 2.45) is 27.9 Å². The van der Waals surface area contributed by atoms with Gasteiger partial charge < -0.3 is 44.0 Å². The van der Waals surface area contributed by atoms with Gasteiger partial charge in [0, 0.05) is 18.7 Å². The summed E-state index contributed by atoms with van der Waals surface area (Å²) in [5, 5.41) is 16.8. The number of thiol groups is 1. The fourth-order valence-corrected chi connectivity index (χ4v) is 3.36. The zero-order chi connectivity index (χ0) is 27.0. The Hall–Kier alpha value is -2.72. The molecule has 0 aromatic heterocycles. The van der Waals surface area contributed by atoms with Gasteiger partial charge in [-0.25, -0.2) is 4.79 Å². The summed E-state index contributed by atoms with van der Waals surface area (Å²) < 4.78 is 0. The van der Waals surface area contributed by atoms with Gasteiger partial charge >= 0.3 is 5.97 Å². The zero-order valence-electron chi connectivity index (χ0n) is 19.6. The molecule has 12 N–H and O–H groups in total. The van der Waals surface area contributed by atoms with Crippen LogP contribution in [0.15, 0.2) is 4.99 Å². The minimum absolute atomic E-state index is 0.0223. The lowest BCUT2D eigenvalue weighted by molar-refractivity contribution is -0.142. The van der Waals surface area contributed by atoms with Crippen LogP contribution in [0.1, 0.15) is 32.1 Å². The normalized spacial score (nSPS) is 14.0. The number of hydrogen-bond acceptors (Lipinski definition) is 9. The summed E-state index contributed by atoms with van der Waals surface area (Å²) in [5.41, 5.74) is 21.3. The van der Waals surface area contributed by atoms with Gasteiger partial charge in [-0.15, -0.1) is 0 Å². The first-order valence-corrected chi connectivity index (χ1v) is 12.8. The Bertz CT molecular complexity index is 766. The van der Waals surface area contributed by atoms with Crippen molar-refractivity contribution in [2.75, 3.05) is 24.3 Å². The number of aliphatic carboxylic acids is 1. The molecule has 0 aliphatic rings. The number of carboxylic acid groups (broad SMARTS) is 1. The molecule has 4 atom stereocenters. The van der Waals surface area contributed by atoms with Crippen LogP contribution in [0, 0.1) is 0 Å². The first-order valence-electron chi connectivity index (χ1n) is 10.8. The van der Waals surface area contributed by atoms with E-state index in [1.807, 2.05) is 0 Å². The second-order valence-corrected chi connectivity index (χ2v) is 8.90. The number of primary amides is 1. The molecule has 0 radical (unpaired) electrons. The van der Waals surface area contributed by atoms with E-state index >= 15 is 0 Å². The van der Waals surface area contributed by atoms with Crippen molar-refractivity contribution in [1.82, 2.24) is 16.0 Å². The number of thioether (sulfide) groups is 1. The molecular formula is C19H36N8O6S2. The lowest BCUT2D eigenvalue weighted by Crippen LogP contribution is -2.57. The van der Waals surface area contributed by atoms with Crippen LogP contribution in [0.4, 0.5) is 0 Å². The minimum Gasteiger partial charge on any atom is -0.480 e. The second-order valence-electron chi connectivity index (χ2n) is 7.55. The maximum Gasteiger partial charge on any atom is 0.326 e. The van der Waals surface area contributed by atoms with Gasteiger partial charge in [0.05, 0.1) is 6.04 Å². The number of nitrogens with one attached hydrogen (secondary N) is 3. The van der Waals surface area contributed by atoms with Gasteiger partial charge in [-0.1, -0.05) is 0 Å². The third-order valence-corrected chi connectivity index (χ3v) is 5.69. The Morgan fingerprint density at radius 2 is 1.46 bits per heavy atom. The summed E-state index contributed by atoms with van der Waals surface area (Å²) >= 11 is 5.36. The predicted octanol–water partition coefficient (Wildman–Crippen LogP) is -3.15. The summed E-state index contributed by atoms with van der Waals surface area (Å²) in [6.07, 6.45) is 2.02. The first-order chi connectivity index (χ1) is 16.4. The van der Waals surface area contributed by atoms with Crippen LogP contribution in [-0.4, -0.2) is 89.1 Å². The molecule has 16 heteroatoms. The summed E-state index contributed by atoms with van der Waals surface area (Å²) in [5.74, 6) is -3.70. The molecular weight excluding hydrogens is 500 g/mol. The molecule has 14 nitrogen and oxygen atoms in total. The van der Waals surface area contributed by atoms with Gasteiger partial charge in [-0.2, -0.15) is 24.4 Å². The van der Waals surface area contributed by atoms with E-state index in [9.17, 15) is 29.1 Å². The summed E-state index contributed by atoms with van der Waals surface area (Å²) in [7, 11) is 0. The third kappa shape index (κ3) is 14.3. The fourth-order valence-electron chi connectivity index (χ4n) is 2.73. The summed E-state index contributed by atoms with van der Waals surface area (Å²) in [6.45, 7) is 0.185. The minimum atomic E-state index is -1.26. The zero-order valence-corrected chi connectivity index (χ0v) is 21.3. The van der Waals surface area contributed by atoms with Crippen LogP contribution in [0.2, 0.25) is 0 Å². The van der Waals surface area contributed by atoms with E-state index in [1.165, 1.54) is 11.8 Å². The van der Waals surface area contributed by atoms with Crippen LogP contribution in [-0.2, 0) is 24.0 Å². The van der Waals surface area contributed by atoms with Crippen molar-refractivity contribution in [3.05, 3.63) is 0 Å². The largest absolute Gasteiger partial charge is 0.480 e. The number of guanidine groups is 1. The Balaban J connectivity index is 5.42. The molecule has 0 aromatic carbocycles. The van der Waals surface area contributed by atoms with E-state index in [-0.39, 0.29) is 43.9 Å². The molecule has 35 heavy (non-hydrogen) atoms. The highest BCUT2D eigenvalue weighted by molar-refractivity contribution is 7.98. The molecule has 0 spiro atoms. The third-order valence-electron chi connectivity index (χ3n) is 4.65. The van der Waals surface area contributed by atoms with Crippen molar-refractivity contribution in [3.8, 4) is 0 Å². The molecule has 0 rings (SSSR count). The quantitative estimate of drug-likeness (QED) is 0.0368. The van der Waals surface area contributed by atoms with Gasteiger partial charge in [0.1, 0.15) is 18.1 Å². The monoisotopic (exact) mass is 536 g/mol. The highest BCUT2D eigenvalue weighted by atomic mass is 32.2. The number of hydrogen-bond donors (Lipinski definition) is 9. The maximum absolute atomic E-state index is 12.9. The van der Waals surface area contributed by atoms with Crippen molar-refractivity contribution < 1.29 is 29.1 Å². The Morgan fingerprint density at radius 3 is 1.94 bits per heavy atom. The molecule has 0 aliphatic heterocycles. The van der Waals surface area contributed by atoms with Gasteiger partial charge in [0.15, 0.2) is 5.96 Å². The summed E-state index contributed by atoms with van der Waals surface area (Å²) in [4.78, 5) is 64.5. The van der Waals surface area contributed by atoms with Crippen LogP contribution < -0.4 is 38.9 Å². The molecule has 0 aromatic rings. The Kier molecular flexibility index (Phi) is 16.3. The molecule has 0 aliphatic carbocycles. The lowest BCUT2D eigenvalue weighted by atomic mass is 10.1. The number of aliphatic imine (C=N–C) groups is 1. The maximum atomic E-state index is 12.9. The van der Waals surface area contributed by atoms with Gasteiger partial charge in [-0.3, -0.25) is 24.2 Å². The number of nitrogens with two attached hydrogens (primary N) is 4. The number of amides is 4. The van der Waals surface area contributed by atoms with E-state index in [0.717, 1.165) is 0 Å². The van der Waals surface area contributed by atoms with Crippen LogP contribution in [0.3, 0.4) is 0 Å². The van der Waals surface area contributed by atoms with Crippen molar-refractivity contribution in [3.63, 3.8) is 0 Å². The topological polar surface area (TPSA) is 258 Å². The highest BCUT2D eigenvalue weighted by Gasteiger charge is 2.30. The second kappa shape index (κ2) is 17.7. The molecule has 0 saturated carbocycles. The predicted molar refractivity (Wildman–Crippen MR) is 137 cm³/mol. The molecule has 0 bridgehead atoms. The van der Waals surface area contributed by atoms with E-state index in [2.05, 4.69) is 33.6 Å². The van der Waals surface area contributed by atoms with Crippen LogP contribution in [0.5, 0.6) is 0 Å². The Labute approximate surface area is 213 Å². The van der Waals surface area contributed by atoms with E-state index in [1.54, 1.807) is 6.26 Å². The standard InChI is InChI=1S/C19H36N8O6S2/c1-35-8-6-12(17(31)27-13(18(32)33)3-2-7-24-19(22)23)26-16(30)11(4-5-14(21)28)25-15(29)10(20)9-34/h10-13,34H,2-9,20H2,1H3,(H2,21,28)(H,25,29)(H,26,30)(H,27,31)(H,32,33)(H4,22,23,24). The van der Waals surface area contributed by atoms with Crippen molar-refractivity contribution in [1.29, 1.82) is 0 Å². The van der Waals surface area contributed by atoms with E-state index in [0.29, 0.717) is 12.2 Å². The Morgan fingerprint density at radius 1 is 0.914 bits per heavy atom. The fraction of sp³-hybridized carbons (Fsp3) is 0.684. The van der Waals surface area contributed by atoms with Crippen LogP contribution in [0.25, 0.3) is 0 Å². The molecule has 4 unspecified atom stereocenters. The number of nitrogens with zero attached hydrogens (tertiary/aromatic N) is 1. The molecule has 0 fully saturated rings. The van der Waals surface area contributed by atoms with Gasteiger partial charge in [-0.05, 0) is 37.7 Å². The average molecular weight is 537 g/mol. The summed E-state index contributed by atoms with van der Waals surface area (Å²) in [6, 6.07) is -4.52. The number of carbonyl (C=O) groups excluding carboxylic acids is 4. The molecule has 200 valence electrons. The van der Waals surface area contributed by atoms with Gasteiger partial charge in [0.2, 0.25) is 23.6 Å². The highest BCUT2D eigenvalue weighted by Crippen LogP contribution is 2.06. The molecule has 4 amide bonds. The number of carbonyl (C=O) groups is 5.